The molecule has 0 aromatic carbocycles. The van der Waals surface area contributed by atoms with Crippen molar-refractivity contribution in [2.75, 3.05) is 0 Å². The first-order valence-corrected chi connectivity index (χ1v) is 3.84. The molecule has 0 saturated carbocycles. The summed E-state index contributed by atoms with van der Waals surface area (Å²) in [5.41, 5.74) is 1.63. The Hall–Kier alpha value is -1.12. The Morgan fingerprint density at radius 3 is 3.18 bits per heavy atom. The molecular weight excluding hydrogens is 140 g/mol. The maximum Gasteiger partial charge on any atom is 0.168 e. The van der Waals surface area contributed by atoms with E-state index in [1.807, 2.05) is 11.5 Å². The second-order valence-electron chi connectivity index (χ2n) is 2.87. The molecule has 0 fully saturated rings. The van der Waals surface area contributed by atoms with Gasteiger partial charge in [0, 0.05) is 13.0 Å². The Bertz CT molecular complexity index is 301. The van der Waals surface area contributed by atoms with Crippen molar-refractivity contribution in [3.63, 3.8) is 0 Å². The average Bonchev–Trinajstić information content (AvgIpc) is 2.46. The van der Waals surface area contributed by atoms with E-state index in [1.165, 1.54) is 0 Å². The molecule has 0 spiro atoms. The number of imidazole rings is 1. The first-order valence-electron chi connectivity index (χ1n) is 3.84. The molecule has 3 nitrogen and oxygen atoms in total. The Kier molecular flexibility index (Phi) is 1.31. The Labute approximate surface area is 65.1 Å². The highest BCUT2D eigenvalue weighted by Crippen LogP contribution is 2.17. The zero-order valence-corrected chi connectivity index (χ0v) is 6.50. The minimum absolute atomic E-state index is 0.762. The molecule has 0 radical (unpaired) electrons. The third-order valence-corrected chi connectivity index (χ3v) is 2.16. The lowest BCUT2D eigenvalue weighted by atomic mass is 10.3. The van der Waals surface area contributed by atoms with Crippen LogP contribution in [0.5, 0.6) is 0 Å². The molecule has 0 saturated heterocycles. The third-order valence-electron chi connectivity index (χ3n) is 2.16. The number of carbonyl (C=O) groups is 1. The number of nitrogens with zero attached hydrogens (tertiary/aromatic N) is 2. The van der Waals surface area contributed by atoms with Crippen LogP contribution in [-0.2, 0) is 13.0 Å². The van der Waals surface area contributed by atoms with E-state index in [1.54, 1.807) is 0 Å². The number of hydrogen-bond donors (Lipinski definition) is 0. The Morgan fingerprint density at radius 1 is 1.64 bits per heavy atom. The van der Waals surface area contributed by atoms with Gasteiger partial charge in [0.25, 0.3) is 0 Å². The molecule has 0 bridgehead atoms. The zero-order valence-electron chi connectivity index (χ0n) is 6.50. The van der Waals surface area contributed by atoms with Crippen molar-refractivity contribution in [2.45, 2.75) is 26.3 Å². The minimum Gasteiger partial charge on any atom is -0.326 e. The molecule has 2 rings (SSSR count). The summed E-state index contributed by atoms with van der Waals surface area (Å²) in [7, 11) is 0. The van der Waals surface area contributed by atoms with Crippen molar-refractivity contribution in [1.82, 2.24) is 9.55 Å². The van der Waals surface area contributed by atoms with Gasteiger partial charge >= 0.3 is 0 Å². The standard InChI is InChI=1S/C8H10N2O/c1-6-7(5-11)10-4-2-3-8(10)9-6/h5H,2-4H2,1H3. The van der Waals surface area contributed by atoms with Crippen LogP contribution in [0.3, 0.4) is 0 Å². The highest BCUT2D eigenvalue weighted by Gasteiger charge is 2.17. The van der Waals surface area contributed by atoms with Crippen molar-refractivity contribution in [3.8, 4) is 0 Å². The van der Waals surface area contributed by atoms with E-state index in [9.17, 15) is 4.79 Å². The summed E-state index contributed by atoms with van der Waals surface area (Å²) in [6, 6.07) is 0. The third kappa shape index (κ3) is 0.803. The highest BCUT2D eigenvalue weighted by atomic mass is 16.1. The predicted molar refractivity (Wildman–Crippen MR) is 40.7 cm³/mol. The lowest BCUT2D eigenvalue weighted by Crippen LogP contribution is -1.98. The lowest BCUT2D eigenvalue weighted by molar-refractivity contribution is 0.111. The second kappa shape index (κ2) is 2.19. The summed E-state index contributed by atoms with van der Waals surface area (Å²) >= 11 is 0. The van der Waals surface area contributed by atoms with Gasteiger partial charge in [-0.1, -0.05) is 0 Å². The van der Waals surface area contributed by atoms with Crippen molar-refractivity contribution in [1.29, 1.82) is 0 Å². The van der Waals surface area contributed by atoms with Crippen LogP contribution in [0.4, 0.5) is 0 Å². The Balaban J connectivity index is 2.60. The molecule has 11 heavy (non-hydrogen) atoms. The predicted octanol–water partition coefficient (Wildman–Crippen LogP) is 0.950. The molecule has 58 valence electrons. The van der Waals surface area contributed by atoms with Gasteiger partial charge in [-0.3, -0.25) is 4.79 Å². The van der Waals surface area contributed by atoms with Crippen LogP contribution in [0, 0.1) is 6.92 Å². The molecule has 1 aromatic rings. The van der Waals surface area contributed by atoms with Crippen molar-refractivity contribution >= 4 is 6.29 Å². The fraction of sp³-hybridized carbons (Fsp3) is 0.500. The maximum absolute atomic E-state index is 10.6. The number of fused-ring (bicyclic) bond motifs is 1. The van der Waals surface area contributed by atoms with Crippen LogP contribution in [0.2, 0.25) is 0 Å². The van der Waals surface area contributed by atoms with Gasteiger partial charge in [-0.05, 0) is 13.3 Å². The van der Waals surface area contributed by atoms with Gasteiger partial charge in [0.05, 0.1) is 5.69 Å². The van der Waals surface area contributed by atoms with Crippen LogP contribution in [-0.4, -0.2) is 15.8 Å². The Morgan fingerprint density at radius 2 is 2.45 bits per heavy atom. The van der Waals surface area contributed by atoms with Crippen LogP contribution in [0.15, 0.2) is 0 Å². The molecule has 0 unspecified atom stereocenters. The lowest BCUT2D eigenvalue weighted by Gasteiger charge is -1.96. The molecule has 0 aliphatic carbocycles. The first kappa shape index (κ1) is 6.58. The van der Waals surface area contributed by atoms with Crippen molar-refractivity contribution in [2.24, 2.45) is 0 Å². The summed E-state index contributed by atoms with van der Waals surface area (Å²) in [4.78, 5) is 14.9. The molecule has 2 heterocycles. The van der Waals surface area contributed by atoms with E-state index in [-0.39, 0.29) is 0 Å². The molecule has 1 aliphatic heterocycles. The molecule has 1 aliphatic rings. The van der Waals surface area contributed by atoms with E-state index in [2.05, 4.69) is 4.98 Å². The van der Waals surface area contributed by atoms with Gasteiger partial charge in [0.2, 0.25) is 0 Å². The summed E-state index contributed by atoms with van der Waals surface area (Å²) in [5, 5.41) is 0. The largest absolute Gasteiger partial charge is 0.326 e. The van der Waals surface area contributed by atoms with E-state index >= 15 is 0 Å². The maximum atomic E-state index is 10.6. The normalized spacial score (nSPS) is 15.0. The SMILES string of the molecule is Cc1nc2n(c1C=O)CCC2. The van der Waals surface area contributed by atoms with E-state index in [0.717, 1.165) is 42.9 Å². The average molecular weight is 150 g/mol. The smallest absolute Gasteiger partial charge is 0.168 e. The van der Waals surface area contributed by atoms with Gasteiger partial charge in [0.1, 0.15) is 11.5 Å². The number of rotatable bonds is 1. The van der Waals surface area contributed by atoms with Crippen LogP contribution in [0.1, 0.15) is 28.4 Å². The van der Waals surface area contributed by atoms with Crippen molar-refractivity contribution < 1.29 is 4.79 Å². The summed E-state index contributed by atoms with van der Waals surface area (Å²) in [5.74, 6) is 1.07. The highest BCUT2D eigenvalue weighted by molar-refractivity contribution is 5.74. The fourth-order valence-electron chi connectivity index (χ4n) is 1.63. The van der Waals surface area contributed by atoms with Gasteiger partial charge in [-0.25, -0.2) is 4.98 Å². The van der Waals surface area contributed by atoms with E-state index < -0.39 is 0 Å². The number of aldehydes is 1. The van der Waals surface area contributed by atoms with Gasteiger partial charge in [-0.15, -0.1) is 0 Å². The fourth-order valence-corrected chi connectivity index (χ4v) is 1.63. The van der Waals surface area contributed by atoms with Gasteiger partial charge in [0.15, 0.2) is 6.29 Å². The van der Waals surface area contributed by atoms with Crippen molar-refractivity contribution in [3.05, 3.63) is 17.2 Å². The summed E-state index contributed by atoms with van der Waals surface area (Å²) in [6.07, 6.45) is 3.05. The topological polar surface area (TPSA) is 34.9 Å². The molecule has 0 amide bonds. The molecule has 3 heteroatoms. The number of aromatic nitrogens is 2. The molecule has 1 aromatic heterocycles. The van der Waals surface area contributed by atoms with Gasteiger partial charge in [-0.2, -0.15) is 0 Å². The first-order chi connectivity index (χ1) is 5.33. The minimum atomic E-state index is 0.762. The second-order valence-corrected chi connectivity index (χ2v) is 2.87. The van der Waals surface area contributed by atoms with E-state index in [4.69, 9.17) is 0 Å². The summed E-state index contributed by atoms with van der Waals surface area (Å²) < 4.78 is 2.02. The van der Waals surface area contributed by atoms with Crippen LogP contribution >= 0.6 is 0 Å². The monoisotopic (exact) mass is 150 g/mol. The summed E-state index contributed by atoms with van der Waals surface area (Å²) in [6.45, 7) is 2.85. The van der Waals surface area contributed by atoms with Gasteiger partial charge < -0.3 is 4.57 Å². The van der Waals surface area contributed by atoms with E-state index in [0.29, 0.717) is 0 Å². The molecule has 0 N–H and O–H groups in total. The number of hydrogen-bond acceptors (Lipinski definition) is 2. The number of carbonyl (C=O) groups excluding carboxylic acids is 1. The quantitative estimate of drug-likeness (QED) is 0.559. The molecule has 0 atom stereocenters. The molecular formula is C8H10N2O. The van der Waals surface area contributed by atoms with Crippen LogP contribution in [0.25, 0.3) is 0 Å². The zero-order chi connectivity index (χ0) is 7.84. The van der Waals surface area contributed by atoms with Crippen LogP contribution < -0.4 is 0 Å². The number of aryl methyl sites for hydroxylation is 2.